The molecule has 3 nitrogen and oxygen atoms in total. The highest BCUT2D eigenvalue weighted by atomic mass is 79.9. The number of aliphatic hydroxyl groups excluding tert-OH is 1. The van der Waals surface area contributed by atoms with Gasteiger partial charge >= 0.3 is 0 Å². The summed E-state index contributed by atoms with van der Waals surface area (Å²) in [6, 6.07) is 11.5. The average Bonchev–Trinajstić information content (AvgIpc) is 2.47. The molecule has 112 valence electrons. The highest BCUT2D eigenvalue weighted by molar-refractivity contribution is 9.10. The SMILES string of the molecule is COc1ccc(Br)c(COc2ccc(C(C)O)cc2C)c1. The van der Waals surface area contributed by atoms with Crippen molar-refractivity contribution in [2.24, 2.45) is 0 Å². The van der Waals surface area contributed by atoms with Crippen molar-refractivity contribution in [1.29, 1.82) is 0 Å². The van der Waals surface area contributed by atoms with E-state index in [2.05, 4.69) is 15.9 Å². The third-order valence-electron chi connectivity index (χ3n) is 3.32. The predicted octanol–water partition coefficient (Wildman–Crippen LogP) is 4.40. The molecular weight excluding hydrogens is 332 g/mol. The smallest absolute Gasteiger partial charge is 0.122 e. The maximum Gasteiger partial charge on any atom is 0.122 e. The zero-order chi connectivity index (χ0) is 15.4. The van der Waals surface area contributed by atoms with Crippen LogP contribution in [-0.2, 0) is 6.61 Å². The van der Waals surface area contributed by atoms with Crippen molar-refractivity contribution in [2.75, 3.05) is 7.11 Å². The van der Waals surface area contributed by atoms with Crippen LogP contribution in [-0.4, -0.2) is 12.2 Å². The molecule has 2 rings (SSSR count). The quantitative estimate of drug-likeness (QED) is 0.868. The third-order valence-corrected chi connectivity index (χ3v) is 4.09. The Morgan fingerprint density at radius 1 is 1.19 bits per heavy atom. The van der Waals surface area contributed by atoms with E-state index < -0.39 is 6.10 Å². The van der Waals surface area contributed by atoms with Crippen molar-refractivity contribution in [1.82, 2.24) is 0 Å². The Balaban J connectivity index is 2.13. The molecule has 0 spiro atoms. The Morgan fingerprint density at radius 3 is 2.57 bits per heavy atom. The summed E-state index contributed by atoms with van der Waals surface area (Å²) in [5.41, 5.74) is 2.92. The van der Waals surface area contributed by atoms with Crippen molar-refractivity contribution >= 4 is 15.9 Å². The van der Waals surface area contributed by atoms with Crippen LogP contribution in [0.15, 0.2) is 40.9 Å². The molecule has 0 heterocycles. The summed E-state index contributed by atoms with van der Waals surface area (Å²) >= 11 is 3.51. The van der Waals surface area contributed by atoms with Crippen molar-refractivity contribution < 1.29 is 14.6 Å². The molecular formula is C17H19BrO3. The minimum absolute atomic E-state index is 0.451. The van der Waals surface area contributed by atoms with E-state index >= 15 is 0 Å². The molecule has 0 aliphatic heterocycles. The van der Waals surface area contributed by atoms with E-state index in [1.165, 1.54) is 0 Å². The number of hydrogen-bond acceptors (Lipinski definition) is 3. The number of halogens is 1. The molecule has 0 aromatic heterocycles. The molecule has 1 unspecified atom stereocenters. The Hall–Kier alpha value is -1.52. The number of benzene rings is 2. The minimum Gasteiger partial charge on any atom is -0.497 e. The van der Waals surface area contributed by atoms with Gasteiger partial charge in [-0.25, -0.2) is 0 Å². The molecule has 21 heavy (non-hydrogen) atoms. The van der Waals surface area contributed by atoms with Gasteiger partial charge in [0, 0.05) is 10.0 Å². The lowest BCUT2D eigenvalue weighted by atomic mass is 10.1. The topological polar surface area (TPSA) is 38.7 Å². The maximum atomic E-state index is 9.58. The lowest BCUT2D eigenvalue weighted by Crippen LogP contribution is -2.00. The number of hydrogen-bond donors (Lipinski definition) is 1. The first-order chi connectivity index (χ1) is 10.0. The highest BCUT2D eigenvalue weighted by Gasteiger charge is 2.07. The zero-order valence-corrected chi connectivity index (χ0v) is 14.0. The van der Waals surface area contributed by atoms with Crippen molar-refractivity contribution in [3.8, 4) is 11.5 Å². The van der Waals surface area contributed by atoms with Crippen LogP contribution in [0.4, 0.5) is 0 Å². The summed E-state index contributed by atoms with van der Waals surface area (Å²) in [6.45, 7) is 4.18. The minimum atomic E-state index is -0.467. The molecule has 0 fully saturated rings. The Morgan fingerprint density at radius 2 is 1.95 bits per heavy atom. The third kappa shape index (κ3) is 3.99. The average molecular weight is 351 g/mol. The lowest BCUT2D eigenvalue weighted by molar-refractivity contribution is 0.199. The molecule has 0 aliphatic carbocycles. The van der Waals surface area contributed by atoms with E-state index in [0.717, 1.165) is 32.7 Å². The summed E-state index contributed by atoms with van der Waals surface area (Å²) in [7, 11) is 1.65. The zero-order valence-electron chi connectivity index (χ0n) is 12.4. The molecule has 0 aliphatic rings. The molecule has 4 heteroatoms. The van der Waals surface area contributed by atoms with Gasteiger partial charge in [-0.1, -0.05) is 22.0 Å². The van der Waals surface area contributed by atoms with Gasteiger partial charge in [0.15, 0.2) is 0 Å². The first-order valence-electron chi connectivity index (χ1n) is 6.75. The van der Waals surface area contributed by atoms with E-state index in [1.807, 2.05) is 43.3 Å². The number of aliphatic hydroxyl groups is 1. The monoisotopic (exact) mass is 350 g/mol. The van der Waals surface area contributed by atoms with Gasteiger partial charge in [-0.2, -0.15) is 0 Å². The highest BCUT2D eigenvalue weighted by Crippen LogP contribution is 2.26. The molecule has 1 atom stereocenters. The maximum absolute atomic E-state index is 9.58. The van der Waals surface area contributed by atoms with Crippen molar-refractivity contribution in [3.05, 3.63) is 57.6 Å². The van der Waals surface area contributed by atoms with Gasteiger partial charge in [-0.3, -0.25) is 0 Å². The summed E-state index contributed by atoms with van der Waals surface area (Å²) in [4.78, 5) is 0. The standard InChI is InChI=1S/C17H19BrO3/c1-11-8-13(12(2)19)4-7-17(11)21-10-14-9-15(20-3)5-6-16(14)18/h4-9,12,19H,10H2,1-3H3. The number of rotatable bonds is 5. The largest absolute Gasteiger partial charge is 0.497 e. The van der Waals surface area contributed by atoms with Crippen LogP contribution in [0.2, 0.25) is 0 Å². The summed E-state index contributed by atoms with van der Waals surface area (Å²) in [6.07, 6.45) is -0.467. The van der Waals surface area contributed by atoms with Crippen LogP contribution >= 0.6 is 15.9 Å². The second-order valence-corrected chi connectivity index (χ2v) is 5.80. The lowest BCUT2D eigenvalue weighted by Gasteiger charge is -2.13. The second kappa shape index (κ2) is 6.96. The number of methoxy groups -OCH3 is 1. The van der Waals surface area contributed by atoms with Crippen molar-refractivity contribution in [3.63, 3.8) is 0 Å². The van der Waals surface area contributed by atoms with E-state index in [9.17, 15) is 5.11 Å². The van der Waals surface area contributed by atoms with Gasteiger partial charge in [0.2, 0.25) is 0 Å². The fourth-order valence-electron chi connectivity index (χ4n) is 2.04. The van der Waals surface area contributed by atoms with Gasteiger partial charge in [-0.15, -0.1) is 0 Å². The molecule has 2 aromatic rings. The van der Waals surface area contributed by atoms with Crippen LogP contribution in [0.1, 0.15) is 29.7 Å². The molecule has 2 aromatic carbocycles. The van der Waals surface area contributed by atoms with Crippen LogP contribution in [0.3, 0.4) is 0 Å². The summed E-state index contributed by atoms with van der Waals surface area (Å²) in [5, 5.41) is 9.58. The Kier molecular flexibility index (Phi) is 5.26. The first kappa shape index (κ1) is 15.9. The predicted molar refractivity (Wildman–Crippen MR) is 86.8 cm³/mol. The Labute approximate surface area is 133 Å². The van der Waals surface area contributed by atoms with Gasteiger partial charge in [0.05, 0.1) is 13.2 Å². The normalized spacial score (nSPS) is 12.0. The molecule has 0 bridgehead atoms. The molecule has 0 saturated heterocycles. The fourth-order valence-corrected chi connectivity index (χ4v) is 2.40. The van der Waals surface area contributed by atoms with Crippen LogP contribution in [0.25, 0.3) is 0 Å². The Bertz CT molecular complexity index is 623. The van der Waals surface area contributed by atoms with Crippen molar-refractivity contribution in [2.45, 2.75) is 26.6 Å². The second-order valence-electron chi connectivity index (χ2n) is 4.95. The summed E-state index contributed by atoms with van der Waals surface area (Å²) in [5.74, 6) is 1.62. The van der Waals surface area contributed by atoms with E-state index in [0.29, 0.717) is 6.61 Å². The summed E-state index contributed by atoms with van der Waals surface area (Å²) < 4.78 is 12.1. The number of aryl methyl sites for hydroxylation is 1. The van der Waals surface area contributed by atoms with Gasteiger partial charge in [0.25, 0.3) is 0 Å². The van der Waals surface area contributed by atoms with E-state index in [4.69, 9.17) is 9.47 Å². The van der Waals surface area contributed by atoms with Gasteiger partial charge in [-0.05, 0) is 55.3 Å². The van der Waals surface area contributed by atoms with E-state index in [-0.39, 0.29) is 0 Å². The molecule has 0 amide bonds. The molecule has 1 N–H and O–H groups in total. The molecule has 0 saturated carbocycles. The van der Waals surface area contributed by atoms with Crippen LogP contribution < -0.4 is 9.47 Å². The number of ether oxygens (including phenoxy) is 2. The van der Waals surface area contributed by atoms with Crippen LogP contribution in [0.5, 0.6) is 11.5 Å². The molecule has 0 radical (unpaired) electrons. The fraction of sp³-hybridized carbons (Fsp3) is 0.294. The van der Waals surface area contributed by atoms with Gasteiger partial charge in [0.1, 0.15) is 18.1 Å². The first-order valence-corrected chi connectivity index (χ1v) is 7.54. The van der Waals surface area contributed by atoms with E-state index in [1.54, 1.807) is 14.0 Å². The van der Waals surface area contributed by atoms with Gasteiger partial charge < -0.3 is 14.6 Å². The van der Waals surface area contributed by atoms with Crippen LogP contribution in [0, 0.1) is 6.92 Å².